The highest BCUT2D eigenvalue weighted by atomic mass is 35.5. The van der Waals surface area contributed by atoms with E-state index >= 15 is 0 Å². The van der Waals surface area contributed by atoms with E-state index in [-0.39, 0.29) is 0 Å². The van der Waals surface area contributed by atoms with Crippen molar-refractivity contribution in [3.63, 3.8) is 0 Å². The third kappa shape index (κ3) is 2.35. The summed E-state index contributed by atoms with van der Waals surface area (Å²) in [4.78, 5) is 9.35. The van der Waals surface area contributed by atoms with Crippen LogP contribution in [0.4, 0.5) is 0 Å². The predicted molar refractivity (Wildman–Crippen MR) is 84.5 cm³/mol. The Morgan fingerprint density at radius 3 is 2.86 bits per heavy atom. The predicted octanol–water partition coefficient (Wildman–Crippen LogP) is 4.03. The molecule has 0 saturated carbocycles. The Hall–Kier alpha value is -1.43. The van der Waals surface area contributed by atoms with Gasteiger partial charge in [-0.05, 0) is 37.1 Å². The average molecular weight is 320 g/mol. The summed E-state index contributed by atoms with van der Waals surface area (Å²) < 4.78 is 8.41. The molecule has 0 radical (unpaired) electrons. The lowest BCUT2D eigenvalue weighted by atomic mass is 9.99. The Kier molecular flexibility index (Phi) is 3.41. The first kappa shape index (κ1) is 13.2. The van der Waals surface area contributed by atoms with Crippen LogP contribution in [0.25, 0.3) is 16.2 Å². The summed E-state index contributed by atoms with van der Waals surface area (Å²) in [5.41, 5.74) is 1.83. The van der Waals surface area contributed by atoms with E-state index in [0.29, 0.717) is 5.92 Å². The molecule has 21 heavy (non-hydrogen) atoms. The summed E-state index contributed by atoms with van der Waals surface area (Å²) in [5, 5.41) is 1.07. The van der Waals surface area contributed by atoms with Crippen LogP contribution in [0.1, 0.15) is 24.6 Å². The zero-order chi connectivity index (χ0) is 14.2. The zero-order valence-electron chi connectivity index (χ0n) is 11.3. The summed E-state index contributed by atoms with van der Waals surface area (Å²) in [5.74, 6) is 1.49. The molecule has 108 valence electrons. The first-order chi connectivity index (χ1) is 10.3. The Morgan fingerprint density at radius 2 is 2.10 bits per heavy atom. The first-order valence-electron chi connectivity index (χ1n) is 7.00. The highest BCUT2D eigenvalue weighted by Gasteiger charge is 2.24. The molecule has 1 saturated heterocycles. The van der Waals surface area contributed by atoms with Gasteiger partial charge in [0.15, 0.2) is 5.65 Å². The van der Waals surface area contributed by atoms with Crippen molar-refractivity contribution in [2.75, 3.05) is 13.2 Å². The molecule has 1 aliphatic rings. The topological polar surface area (TPSA) is 39.9 Å². The molecule has 1 fully saturated rings. The Morgan fingerprint density at radius 1 is 1.24 bits per heavy atom. The number of pyridine rings is 1. The van der Waals surface area contributed by atoms with E-state index < -0.39 is 0 Å². The molecule has 0 unspecified atom stereocenters. The van der Waals surface area contributed by atoms with Crippen molar-refractivity contribution >= 4 is 34.1 Å². The van der Waals surface area contributed by atoms with Gasteiger partial charge in [-0.1, -0.05) is 11.6 Å². The lowest BCUT2D eigenvalue weighted by Crippen LogP contribution is -2.17. The first-order valence-corrected chi connectivity index (χ1v) is 8.19. The molecule has 0 N–H and O–H groups in total. The van der Waals surface area contributed by atoms with Gasteiger partial charge in [0.05, 0.1) is 4.34 Å². The van der Waals surface area contributed by atoms with Gasteiger partial charge in [-0.2, -0.15) is 0 Å². The number of nitrogens with zero attached hydrogens (tertiary/aromatic N) is 3. The minimum Gasteiger partial charge on any atom is -0.381 e. The summed E-state index contributed by atoms with van der Waals surface area (Å²) >= 11 is 7.67. The van der Waals surface area contributed by atoms with Gasteiger partial charge in [0.25, 0.3) is 0 Å². The average Bonchev–Trinajstić information content (AvgIpc) is 3.11. The maximum Gasteiger partial charge on any atom is 0.165 e. The molecule has 6 heteroatoms. The van der Waals surface area contributed by atoms with Gasteiger partial charge < -0.3 is 4.74 Å². The summed E-state index contributed by atoms with van der Waals surface area (Å²) in [6.45, 7) is 1.60. The Labute approximate surface area is 131 Å². The third-order valence-electron chi connectivity index (χ3n) is 3.81. The summed E-state index contributed by atoms with van der Waals surface area (Å²) in [6.07, 6.45) is 3.81. The second-order valence-corrected chi connectivity index (χ2v) is 6.81. The van der Waals surface area contributed by atoms with Gasteiger partial charge in [0.2, 0.25) is 0 Å². The number of aromatic nitrogens is 3. The zero-order valence-corrected chi connectivity index (χ0v) is 12.9. The lowest BCUT2D eigenvalue weighted by molar-refractivity contribution is 0.0834. The van der Waals surface area contributed by atoms with Gasteiger partial charge in [-0.3, -0.25) is 4.57 Å². The van der Waals surface area contributed by atoms with Crippen molar-refractivity contribution in [2.45, 2.75) is 18.8 Å². The van der Waals surface area contributed by atoms with E-state index in [1.54, 1.807) is 11.3 Å². The number of thiophene rings is 1. The second-order valence-electron chi connectivity index (χ2n) is 5.12. The molecule has 0 aromatic carbocycles. The molecule has 0 aliphatic carbocycles. The van der Waals surface area contributed by atoms with Gasteiger partial charge in [0, 0.05) is 25.3 Å². The highest BCUT2D eigenvalue weighted by Crippen LogP contribution is 2.34. The van der Waals surface area contributed by atoms with Gasteiger partial charge >= 0.3 is 0 Å². The standard InChI is InChI=1S/C15H14ClN3OS/c16-12-3-4-13(21-12)19-14(10-5-8-20-9-6-10)18-11-2-1-7-17-15(11)19/h1-4,7,10H,5-6,8-9H2. The normalized spacial score (nSPS) is 16.6. The van der Waals surface area contributed by atoms with Crippen LogP contribution in [0.5, 0.6) is 0 Å². The maximum atomic E-state index is 6.11. The fraction of sp³-hybridized carbons (Fsp3) is 0.333. The van der Waals surface area contributed by atoms with E-state index in [0.717, 1.165) is 52.4 Å². The fourth-order valence-electron chi connectivity index (χ4n) is 2.80. The Balaban J connectivity index is 1.92. The monoisotopic (exact) mass is 319 g/mol. The number of halogens is 1. The minimum absolute atomic E-state index is 0.411. The SMILES string of the molecule is Clc1ccc(-n2c(C3CCOCC3)nc3cccnc32)s1. The molecule has 4 nitrogen and oxygen atoms in total. The molecule has 0 spiro atoms. The molecular weight excluding hydrogens is 306 g/mol. The molecule has 0 amide bonds. The fourth-order valence-corrected chi connectivity index (χ4v) is 3.85. The largest absolute Gasteiger partial charge is 0.381 e. The summed E-state index contributed by atoms with van der Waals surface area (Å²) in [7, 11) is 0. The van der Waals surface area contributed by atoms with Crippen molar-refractivity contribution < 1.29 is 4.74 Å². The minimum atomic E-state index is 0.411. The van der Waals surface area contributed by atoms with Gasteiger partial charge in [0.1, 0.15) is 16.3 Å². The van der Waals surface area contributed by atoms with Gasteiger partial charge in [-0.25, -0.2) is 9.97 Å². The number of imidazole rings is 1. The van der Waals surface area contributed by atoms with Crippen molar-refractivity contribution in [3.05, 3.63) is 40.6 Å². The molecule has 0 atom stereocenters. The van der Waals surface area contributed by atoms with Crippen molar-refractivity contribution in [1.29, 1.82) is 0 Å². The van der Waals surface area contributed by atoms with Crippen molar-refractivity contribution in [3.8, 4) is 5.00 Å². The molecule has 3 aromatic heterocycles. The molecule has 0 bridgehead atoms. The van der Waals surface area contributed by atoms with Crippen LogP contribution in [0.3, 0.4) is 0 Å². The van der Waals surface area contributed by atoms with Crippen LogP contribution in [0.2, 0.25) is 4.34 Å². The molecule has 3 aromatic rings. The van der Waals surface area contributed by atoms with Crippen LogP contribution in [0, 0.1) is 0 Å². The van der Waals surface area contributed by atoms with E-state index in [1.807, 2.05) is 30.5 Å². The maximum absolute atomic E-state index is 6.11. The van der Waals surface area contributed by atoms with Crippen LogP contribution in [-0.4, -0.2) is 27.7 Å². The van der Waals surface area contributed by atoms with Crippen molar-refractivity contribution in [1.82, 2.24) is 14.5 Å². The van der Waals surface area contributed by atoms with Gasteiger partial charge in [-0.15, -0.1) is 11.3 Å². The highest BCUT2D eigenvalue weighted by molar-refractivity contribution is 7.18. The van der Waals surface area contributed by atoms with Crippen LogP contribution >= 0.6 is 22.9 Å². The quantitative estimate of drug-likeness (QED) is 0.716. The van der Waals surface area contributed by atoms with Crippen molar-refractivity contribution in [2.24, 2.45) is 0 Å². The number of hydrogen-bond acceptors (Lipinski definition) is 4. The number of fused-ring (bicyclic) bond motifs is 1. The number of rotatable bonds is 2. The number of ether oxygens (including phenoxy) is 1. The van der Waals surface area contributed by atoms with Crippen LogP contribution < -0.4 is 0 Å². The molecule has 4 rings (SSSR count). The summed E-state index contributed by atoms with van der Waals surface area (Å²) in [6, 6.07) is 7.89. The third-order valence-corrected chi connectivity index (χ3v) is 5.02. The van der Waals surface area contributed by atoms with E-state index in [1.165, 1.54) is 0 Å². The lowest BCUT2D eigenvalue weighted by Gasteiger charge is -2.22. The number of hydrogen-bond donors (Lipinski definition) is 0. The Bertz CT molecular complexity index is 776. The smallest absolute Gasteiger partial charge is 0.165 e. The van der Waals surface area contributed by atoms with Crippen LogP contribution in [0.15, 0.2) is 30.5 Å². The second kappa shape index (κ2) is 5.40. The van der Waals surface area contributed by atoms with E-state index in [9.17, 15) is 0 Å². The molecular formula is C15H14ClN3OS. The van der Waals surface area contributed by atoms with E-state index in [4.69, 9.17) is 21.3 Å². The molecule has 4 heterocycles. The van der Waals surface area contributed by atoms with Crippen LogP contribution in [-0.2, 0) is 4.74 Å². The molecule has 1 aliphatic heterocycles. The van der Waals surface area contributed by atoms with E-state index in [2.05, 4.69) is 9.55 Å².